The molecule has 0 bridgehead atoms. The van der Waals surface area contributed by atoms with Crippen LogP contribution in [0.15, 0.2) is 168 Å². The van der Waals surface area contributed by atoms with Gasteiger partial charge in [-0.2, -0.15) is 0 Å². The van der Waals surface area contributed by atoms with Crippen molar-refractivity contribution in [3.8, 4) is 11.1 Å². The molecule has 0 saturated carbocycles. The lowest BCUT2D eigenvalue weighted by Gasteiger charge is -2.26. The van der Waals surface area contributed by atoms with Crippen LogP contribution in [0.4, 0.5) is 17.1 Å². The van der Waals surface area contributed by atoms with Gasteiger partial charge in [-0.3, -0.25) is 0 Å². The molecule has 0 atom stereocenters. The fraction of sp³-hybridized carbons (Fsp3) is 0. The molecule has 2 nitrogen and oxygen atoms in total. The number of furan rings is 1. The molecule has 1 aromatic heterocycles. The van der Waals surface area contributed by atoms with E-state index in [0.29, 0.717) is 0 Å². The summed E-state index contributed by atoms with van der Waals surface area (Å²) in [6.45, 7) is 0. The summed E-state index contributed by atoms with van der Waals surface area (Å²) in [5, 5.41) is 9.75. The van der Waals surface area contributed by atoms with Crippen molar-refractivity contribution in [3.05, 3.63) is 164 Å². The van der Waals surface area contributed by atoms with Gasteiger partial charge in [0.15, 0.2) is 0 Å². The Labute approximate surface area is 255 Å². The van der Waals surface area contributed by atoms with E-state index >= 15 is 0 Å². The lowest BCUT2D eigenvalue weighted by molar-refractivity contribution is 0.669. The van der Waals surface area contributed by atoms with E-state index in [2.05, 4.69) is 163 Å². The predicted octanol–water partition coefficient (Wildman–Crippen LogP) is 12.2. The van der Waals surface area contributed by atoms with Crippen LogP contribution in [-0.4, -0.2) is 0 Å². The van der Waals surface area contributed by atoms with Crippen molar-refractivity contribution >= 4 is 71.3 Å². The Bertz CT molecular complexity index is 2480. The number of rotatable bonds is 4. The maximum absolute atomic E-state index is 6.30. The summed E-state index contributed by atoms with van der Waals surface area (Å²) in [6.07, 6.45) is 0. The van der Waals surface area contributed by atoms with Gasteiger partial charge in [0.05, 0.1) is 0 Å². The quantitative estimate of drug-likeness (QED) is 0.199. The third-order valence-corrected chi connectivity index (χ3v) is 8.81. The molecule has 44 heavy (non-hydrogen) atoms. The van der Waals surface area contributed by atoms with Crippen molar-refractivity contribution in [2.24, 2.45) is 0 Å². The molecule has 0 radical (unpaired) electrons. The fourth-order valence-electron chi connectivity index (χ4n) is 6.77. The zero-order valence-electron chi connectivity index (χ0n) is 23.9. The van der Waals surface area contributed by atoms with Crippen molar-refractivity contribution in [2.45, 2.75) is 0 Å². The summed E-state index contributed by atoms with van der Waals surface area (Å²) >= 11 is 0. The number of fused-ring (bicyclic) bond motifs is 9. The number of hydrogen-bond donors (Lipinski definition) is 0. The highest BCUT2D eigenvalue weighted by Gasteiger charge is 2.17. The maximum atomic E-state index is 6.30. The first-order valence-corrected chi connectivity index (χ1v) is 15.0. The summed E-state index contributed by atoms with van der Waals surface area (Å²) in [5.74, 6) is 0. The number of hydrogen-bond acceptors (Lipinski definition) is 2. The Morgan fingerprint density at radius 1 is 0.341 bits per heavy atom. The zero-order valence-corrected chi connectivity index (χ0v) is 23.9. The van der Waals surface area contributed by atoms with E-state index in [4.69, 9.17) is 4.42 Å². The highest BCUT2D eigenvalue weighted by molar-refractivity contribution is 6.31. The van der Waals surface area contributed by atoms with Crippen LogP contribution in [0.25, 0.3) is 65.4 Å². The van der Waals surface area contributed by atoms with Gasteiger partial charge in [0.25, 0.3) is 0 Å². The van der Waals surface area contributed by atoms with Gasteiger partial charge in [-0.25, -0.2) is 0 Å². The molecular formula is C42H27NO. The summed E-state index contributed by atoms with van der Waals surface area (Å²) in [6, 6.07) is 58.5. The highest BCUT2D eigenvalue weighted by Crippen LogP contribution is 2.42. The fourth-order valence-corrected chi connectivity index (χ4v) is 6.77. The number of anilines is 3. The second kappa shape index (κ2) is 9.86. The normalized spacial score (nSPS) is 11.6. The van der Waals surface area contributed by atoms with Gasteiger partial charge in [-0.15, -0.1) is 0 Å². The first-order valence-electron chi connectivity index (χ1n) is 15.0. The SMILES string of the molecule is c1ccc(-c2ccc(N(c3ccccc3)c3ccc4c(ccc5ccc6ccc7oc8ccccc8c7c6c54)c3)cc2)cc1. The molecule has 0 unspecified atom stereocenters. The van der Waals surface area contributed by atoms with Crippen LogP contribution in [0.5, 0.6) is 0 Å². The summed E-state index contributed by atoms with van der Waals surface area (Å²) < 4.78 is 6.30. The molecule has 0 saturated heterocycles. The van der Waals surface area contributed by atoms with Crippen LogP contribution in [0.2, 0.25) is 0 Å². The van der Waals surface area contributed by atoms with E-state index < -0.39 is 0 Å². The van der Waals surface area contributed by atoms with E-state index in [-0.39, 0.29) is 0 Å². The summed E-state index contributed by atoms with van der Waals surface area (Å²) in [4.78, 5) is 2.34. The van der Waals surface area contributed by atoms with E-state index in [1.165, 1.54) is 48.8 Å². The standard InChI is InChI=1S/C42H27NO/c1-3-9-28(10-4-1)29-19-22-34(23-20-29)43(33-11-5-2-6-12-33)35-24-25-36-32(27-35)18-17-30-15-16-31-21-26-39-42(41(31)40(30)36)37-13-7-8-14-38(37)44-39/h1-27H. The molecular weight excluding hydrogens is 534 g/mol. The van der Waals surface area contributed by atoms with Crippen LogP contribution < -0.4 is 4.90 Å². The minimum Gasteiger partial charge on any atom is -0.456 e. The van der Waals surface area contributed by atoms with E-state index in [1.54, 1.807) is 0 Å². The minimum atomic E-state index is 0.923. The molecule has 1 heterocycles. The first-order chi connectivity index (χ1) is 21.8. The molecule has 0 aliphatic heterocycles. The molecule has 8 aromatic carbocycles. The van der Waals surface area contributed by atoms with Crippen molar-refractivity contribution < 1.29 is 4.42 Å². The molecule has 0 fully saturated rings. The monoisotopic (exact) mass is 561 g/mol. The second-order valence-corrected chi connectivity index (χ2v) is 11.4. The molecule has 9 aromatic rings. The van der Waals surface area contributed by atoms with Gasteiger partial charge in [-0.05, 0) is 86.6 Å². The lowest BCUT2D eigenvalue weighted by atomic mass is 9.93. The number of nitrogens with zero attached hydrogens (tertiary/aromatic N) is 1. The third-order valence-electron chi connectivity index (χ3n) is 8.81. The zero-order chi connectivity index (χ0) is 29.0. The molecule has 0 amide bonds. The van der Waals surface area contributed by atoms with Crippen LogP contribution in [-0.2, 0) is 0 Å². The van der Waals surface area contributed by atoms with E-state index in [0.717, 1.165) is 33.6 Å². The second-order valence-electron chi connectivity index (χ2n) is 11.4. The predicted molar refractivity (Wildman–Crippen MR) is 186 cm³/mol. The van der Waals surface area contributed by atoms with Gasteiger partial charge in [0.1, 0.15) is 11.2 Å². The van der Waals surface area contributed by atoms with Crippen LogP contribution in [0.3, 0.4) is 0 Å². The van der Waals surface area contributed by atoms with Gasteiger partial charge < -0.3 is 9.32 Å². The minimum absolute atomic E-state index is 0.923. The Balaban J connectivity index is 1.26. The summed E-state index contributed by atoms with van der Waals surface area (Å²) in [7, 11) is 0. The van der Waals surface area contributed by atoms with E-state index in [1.807, 2.05) is 6.07 Å². The van der Waals surface area contributed by atoms with Gasteiger partial charge in [-0.1, -0.05) is 115 Å². The molecule has 0 aliphatic rings. The first kappa shape index (κ1) is 24.7. The van der Waals surface area contributed by atoms with Crippen LogP contribution in [0.1, 0.15) is 0 Å². The smallest absolute Gasteiger partial charge is 0.136 e. The molecule has 206 valence electrons. The third kappa shape index (κ3) is 3.89. The van der Waals surface area contributed by atoms with Gasteiger partial charge in [0, 0.05) is 33.2 Å². The number of benzene rings is 8. The largest absolute Gasteiger partial charge is 0.456 e. The molecule has 0 N–H and O–H groups in total. The van der Waals surface area contributed by atoms with Crippen LogP contribution >= 0.6 is 0 Å². The Morgan fingerprint density at radius 3 is 1.73 bits per heavy atom. The van der Waals surface area contributed by atoms with Crippen LogP contribution in [0, 0.1) is 0 Å². The van der Waals surface area contributed by atoms with Gasteiger partial charge in [0.2, 0.25) is 0 Å². The van der Waals surface area contributed by atoms with Crippen molar-refractivity contribution in [1.29, 1.82) is 0 Å². The van der Waals surface area contributed by atoms with Crippen molar-refractivity contribution in [3.63, 3.8) is 0 Å². The van der Waals surface area contributed by atoms with E-state index in [9.17, 15) is 0 Å². The Kier molecular flexibility index (Phi) is 5.54. The van der Waals surface area contributed by atoms with Gasteiger partial charge >= 0.3 is 0 Å². The maximum Gasteiger partial charge on any atom is 0.136 e. The average molecular weight is 562 g/mol. The molecule has 0 spiro atoms. The Morgan fingerprint density at radius 2 is 0.932 bits per heavy atom. The lowest BCUT2D eigenvalue weighted by Crippen LogP contribution is -2.09. The number of para-hydroxylation sites is 2. The highest BCUT2D eigenvalue weighted by atomic mass is 16.3. The Hall–Kier alpha value is -5.86. The molecule has 0 aliphatic carbocycles. The molecule has 9 rings (SSSR count). The topological polar surface area (TPSA) is 16.4 Å². The average Bonchev–Trinajstić information content (AvgIpc) is 3.48. The summed E-state index contributed by atoms with van der Waals surface area (Å²) in [5.41, 5.74) is 7.63. The van der Waals surface area contributed by atoms with Crippen molar-refractivity contribution in [1.82, 2.24) is 0 Å². The molecule has 2 heteroatoms. The van der Waals surface area contributed by atoms with Crippen molar-refractivity contribution in [2.75, 3.05) is 4.90 Å².